The SMILES string of the molecule is C[C@H](NC(=O)Nc1ccccc1)C(=O)N1CCC[C@H]1C(=O)N[C@H](C=O)CC(=O)O. The van der Waals surface area contributed by atoms with Crippen molar-refractivity contribution in [2.45, 2.75) is 44.3 Å². The molecule has 1 aliphatic rings. The number of carboxylic acid groups (broad SMARTS) is 1. The summed E-state index contributed by atoms with van der Waals surface area (Å²) in [5.41, 5.74) is 0.571. The molecule has 4 N–H and O–H groups in total. The first kappa shape index (κ1) is 21.9. The van der Waals surface area contributed by atoms with E-state index in [4.69, 9.17) is 5.11 Å². The first-order valence-corrected chi connectivity index (χ1v) is 9.22. The number of aldehydes is 1. The van der Waals surface area contributed by atoms with Gasteiger partial charge in [-0.15, -0.1) is 0 Å². The predicted octanol–water partition coefficient (Wildman–Crippen LogP) is 0.346. The van der Waals surface area contributed by atoms with Crippen molar-refractivity contribution in [3.05, 3.63) is 30.3 Å². The van der Waals surface area contributed by atoms with Crippen molar-refractivity contribution in [1.29, 1.82) is 0 Å². The summed E-state index contributed by atoms with van der Waals surface area (Å²) >= 11 is 0. The zero-order valence-electron chi connectivity index (χ0n) is 16.0. The number of para-hydroxylation sites is 1. The van der Waals surface area contributed by atoms with Crippen molar-refractivity contribution in [3.63, 3.8) is 0 Å². The van der Waals surface area contributed by atoms with Crippen molar-refractivity contribution in [2.24, 2.45) is 0 Å². The summed E-state index contributed by atoms with van der Waals surface area (Å²) in [6.07, 6.45) is 0.787. The maximum atomic E-state index is 12.7. The Morgan fingerprint density at radius 1 is 1.21 bits per heavy atom. The van der Waals surface area contributed by atoms with E-state index in [1.165, 1.54) is 11.8 Å². The average Bonchev–Trinajstić information content (AvgIpc) is 3.16. The van der Waals surface area contributed by atoms with Crippen LogP contribution < -0.4 is 16.0 Å². The highest BCUT2D eigenvalue weighted by Crippen LogP contribution is 2.19. The van der Waals surface area contributed by atoms with Gasteiger partial charge in [-0.25, -0.2) is 4.79 Å². The molecule has 0 radical (unpaired) electrons. The largest absolute Gasteiger partial charge is 0.481 e. The van der Waals surface area contributed by atoms with Crippen LogP contribution in [0.1, 0.15) is 26.2 Å². The van der Waals surface area contributed by atoms with Gasteiger partial charge in [-0.3, -0.25) is 14.4 Å². The maximum absolute atomic E-state index is 12.7. The van der Waals surface area contributed by atoms with E-state index < -0.39 is 48.4 Å². The Hall–Kier alpha value is -3.43. The van der Waals surface area contributed by atoms with Crippen LogP contribution in [0.15, 0.2) is 30.3 Å². The summed E-state index contributed by atoms with van der Waals surface area (Å²) in [6, 6.07) is 5.31. The number of rotatable bonds is 8. The van der Waals surface area contributed by atoms with Crippen LogP contribution in [0.5, 0.6) is 0 Å². The number of urea groups is 1. The van der Waals surface area contributed by atoms with Crippen LogP contribution >= 0.6 is 0 Å². The molecule has 1 aliphatic heterocycles. The Morgan fingerprint density at radius 2 is 1.90 bits per heavy atom. The number of benzene rings is 1. The Bertz CT molecular complexity index is 769. The van der Waals surface area contributed by atoms with Crippen LogP contribution in [0, 0.1) is 0 Å². The number of carbonyl (C=O) groups excluding carboxylic acids is 4. The molecular weight excluding hydrogens is 380 g/mol. The number of aliphatic carboxylic acids is 1. The molecule has 0 spiro atoms. The zero-order chi connectivity index (χ0) is 21.4. The molecule has 1 heterocycles. The minimum absolute atomic E-state index is 0.327. The molecule has 1 fully saturated rings. The summed E-state index contributed by atoms with van der Waals surface area (Å²) < 4.78 is 0. The highest BCUT2D eigenvalue weighted by Gasteiger charge is 2.37. The first-order valence-electron chi connectivity index (χ1n) is 9.22. The standard InChI is InChI=1S/C19H24N4O6/c1-12(20-19(29)22-13-6-3-2-4-7-13)18(28)23-9-5-8-15(23)17(27)21-14(11-24)10-16(25)26/h2-4,6-7,11-12,14-15H,5,8-10H2,1H3,(H,21,27)(H,25,26)(H2,20,22,29)/t12-,14-,15-/m0/s1. The van der Waals surface area contributed by atoms with E-state index in [2.05, 4.69) is 16.0 Å². The van der Waals surface area contributed by atoms with Gasteiger partial charge in [-0.2, -0.15) is 0 Å². The Balaban J connectivity index is 1.93. The fraction of sp³-hybridized carbons (Fsp3) is 0.421. The number of amides is 4. The van der Waals surface area contributed by atoms with E-state index in [1.54, 1.807) is 30.3 Å². The Labute approximate surface area is 167 Å². The van der Waals surface area contributed by atoms with Crippen molar-refractivity contribution >= 4 is 35.8 Å². The van der Waals surface area contributed by atoms with Gasteiger partial charge >= 0.3 is 12.0 Å². The molecule has 0 aromatic heterocycles. The molecule has 10 nitrogen and oxygen atoms in total. The second-order valence-corrected chi connectivity index (χ2v) is 6.72. The van der Waals surface area contributed by atoms with Crippen LogP contribution in [-0.2, 0) is 19.2 Å². The lowest BCUT2D eigenvalue weighted by Crippen LogP contribution is -2.54. The predicted molar refractivity (Wildman–Crippen MR) is 103 cm³/mol. The van der Waals surface area contributed by atoms with Gasteiger partial charge in [0.25, 0.3) is 0 Å². The number of anilines is 1. The van der Waals surface area contributed by atoms with E-state index in [1.807, 2.05) is 0 Å². The average molecular weight is 404 g/mol. The van der Waals surface area contributed by atoms with Gasteiger partial charge in [0.15, 0.2) is 0 Å². The molecule has 3 atom stereocenters. The molecule has 1 saturated heterocycles. The van der Waals surface area contributed by atoms with Gasteiger partial charge in [-0.1, -0.05) is 18.2 Å². The lowest BCUT2D eigenvalue weighted by atomic mass is 10.1. The zero-order valence-corrected chi connectivity index (χ0v) is 16.0. The minimum Gasteiger partial charge on any atom is -0.481 e. The number of nitrogens with zero attached hydrogens (tertiary/aromatic N) is 1. The molecule has 156 valence electrons. The second-order valence-electron chi connectivity index (χ2n) is 6.72. The van der Waals surface area contributed by atoms with Gasteiger partial charge in [0.05, 0.1) is 12.5 Å². The van der Waals surface area contributed by atoms with E-state index in [-0.39, 0.29) is 0 Å². The van der Waals surface area contributed by atoms with Crippen molar-refractivity contribution in [2.75, 3.05) is 11.9 Å². The van der Waals surface area contributed by atoms with E-state index in [0.29, 0.717) is 31.4 Å². The lowest BCUT2D eigenvalue weighted by Gasteiger charge is -2.27. The van der Waals surface area contributed by atoms with Crippen molar-refractivity contribution in [3.8, 4) is 0 Å². The second kappa shape index (κ2) is 10.2. The van der Waals surface area contributed by atoms with Crippen LogP contribution in [0.3, 0.4) is 0 Å². The summed E-state index contributed by atoms with van der Waals surface area (Å²) in [5.74, 6) is -2.24. The molecule has 0 aliphatic carbocycles. The molecule has 1 aromatic rings. The third kappa shape index (κ3) is 6.30. The summed E-state index contributed by atoms with van der Waals surface area (Å²) in [6.45, 7) is 1.84. The number of hydrogen-bond acceptors (Lipinski definition) is 5. The van der Waals surface area contributed by atoms with Crippen LogP contribution in [0.25, 0.3) is 0 Å². The fourth-order valence-electron chi connectivity index (χ4n) is 3.10. The number of carbonyl (C=O) groups is 5. The van der Waals surface area contributed by atoms with Crippen LogP contribution in [0.4, 0.5) is 10.5 Å². The molecule has 2 rings (SSSR count). The Morgan fingerprint density at radius 3 is 2.52 bits per heavy atom. The highest BCUT2D eigenvalue weighted by molar-refractivity contribution is 5.95. The quantitative estimate of drug-likeness (QED) is 0.460. The molecule has 29 heavy (non-hydrogen) atoms. The van der Waals surface area contributed by atoms with Gasteiger partial charge in [0.2, 0.25) is 11.8 Å². The maximum Gasteiger partial charge on any atom is 0.319 e. The molecular formula is C19H24N4O6. The molecule has 0 bridgehead atoms. The summed E-state index contributed by atoms with van der Waals surface area (Å²) in [5, 5.41) is 16.3. The Kier molecular flexibility index (Phi) is 7.70. The van der Waals surface area contributed by atoms with E-state index in [0.717, 1.165) is 0 Å². The van der Waals surface area contributed by atoms with Gasteiger partial charge in [0.1, 0.15) is 18.4 Å². The smallest absolute Gasteiger partial charge is 0.319 e. The molecule has 10 heteroatoms. The highest BCUT2D eigenvalue weighted by atomic mass is 16.4. The normalized spacial score (nSPS) is 17.7. The van der Waals surface area contributed by atoms with Gasteiger partial charge in [0, 0.05) is 12.2 Å². The van der Waals surface area contributed by atoms with Crippen molar-refractivity contribution in [1.82, 2.24) is 15.5 Å². The topological polar surface area (TPSA) is 145 Å². The number of hydrogen-bond donors (Lipinski definition) is 4. The third-order valence-corrected chi connectivity index (χ3v) is 4.47. The number of carboxylic acids is 1. The number of likely N-dealkylation sites (tertiary alicyclic amines) is 1. The van der Waals surface area contributed by atoms with E-state index in [9.17, 15) is 24.0 Å². The summed E-state index contributed by atoms with van der Waals surface area (Å²) in [7, 11) is 0. The minimum atomic E-state index is -1.22. The molecule has 4 amide bonds. The fourth-order valence-corrected chi connectivity index (χ4v) is 3.10. The van der Waals surface area contributed by atoms with Crippen LogP contribution in [0.2, 0.25) is 0 Å². The molecule has 1 aromatic carbocycles. The van der Waals surface area contributed by atoms with Gasteiger partial charge < -0.3 is 30.8 Å². The first-order chi connectivity index (χ1) is 13.8. The number of nitrogens with one attached hydrogen (secondary N) is 3. The van der Waals surface area contributed by atoms with Gasteiger partial charge in [-0.05, 0) is 31.9 Å². The monoisotopic (exact) mass is 404 g/mol. The van der Waals surface area contributed by atoms with E-state index >= 15 is 0 Å². The lowest BCUT2D eigenvalue weighted by molar-refractivity contribution is -0.141. The third-order valence-electron chi connectivity index (χ3n) is 4.47. The van der Waals surface area contributed by atoms with Crippen LogP contribution in [-0.4, -0.2) is 64.8 Å². The molecule has 0 saturated carbocycles. The summed E-state index contributed by atoms with van der Waals surface area (Å²) in [4.78, 5) is 60.3. The van der Waals surface area contributed by atoms with Crippen molar-refractivity contribution < 1.29 is 29.1 Å². The molecule has 0 unspecified atom stereocenters.